The molecule has 164 valence electrons. The molecular weight excluding hydrogens is 400 g/mol. The first-order valence-electron chi connectivity index (χ1n) is 10.1. The van der Waals surface area contributed by atoms with E-state index in [4.69, 9.17) is 19.7 Å². The molecule has 10 heteroatoms. The number of ether oxygens (including phenoxy) is 3. The number of azide groups is 1. The summed E-state index contributed by atoms with van der Waals surface area (Å²) in [6.07, 6.45) is 2.20. The number of amides is 1. The zero-order valence-electron chi connectivity index (χ0n) is 17.2. The maximum absolute atomic E-state index is 11.5. The molecule has 10 nitrogen and oxygen atoms in total. The summed E-state index contributed by atoms with van der Waals surface area (Å²) in [6.45, 7) is 3.80. The summed E-state index contributed by atoms with van der Waals surface area (Å²) in [4.78, 5) is 18.5. The second kappa shape index (κ2) is 12.5. The van der Waals surface area contributed by atoms with Gasteiger partial charge in [0.1, 0.15) is 5.82 Å². The quantitative estimate of drug-likeness (QED) is 0.207. The Morgan fingerprint density at radius 1 is 1.03 bits per heavy atom. The Morgan fingerprint density at radius 2 is 1.77 bits per heavy atom. The Morgan fingerprint density at radius 3 is 2.58 bits per heavy atom. The Balaban J connectivity index is 1.29. The van der Waals surface area contributed by atoms with E-state index in [1.165, 1.54) is 0 Å². The van der Waals surface area contributed by atoms with Gasteiger partial charge in [0.25, 0.3) is 0 Å². The molecule has 1 aromatic carbocycles. The van der Waals surface area contributed by atoms with Crippen molar-refractivity contribution >= 4 is 17.4 Å². The SMILES string of the molecule is [N-]=[N+]=NCCOCCOCCOCCNc1cc(-c2ccc3c(c2)NC(=O)C3)ccn1. The van der Waals surface area contributed by atoms with Gasteiger partial charge in [-0.25, -0.2) is 4.98 Å². The molecule has 2 aromatic rings. The van der Waals surface area contributed by atoms with Crippen molar-refractivity contribution in [3.05, 3.63) is 52.5 Å². The highest BCUT2D eigenvalue weighted by Gasteiger charge is 2.17. The van der Waals surface area contributed by atoms with Crippen molar-refractivity contribution in [1.82, 2.24) is 4.98 Å². The Bertz CT molecular complexity index is 916. The lowest BCUT2D eigenvalue weighted by Gasteiger charge is -2.10. The Kier molecular flexibility index (Phi) is 9.08. The second-order valence-electron chi connectivity index (χ2n) is 6.75. The number of aromatic nitrogens is 1. The second-order valence-corrected chi connectivity index (χ2v) is 6.75. The van der Waals surface area contributed by atoms with Crippen molar-refractivity contribution in [2.24, 2.45) is 5.11 Å². The molecule has 0 unspecified atom stereocenters. The minimum Gasteiger partial charge on any atom is -0.379 e. The summed E-state index contributed by atoms with van der Waals surface area (Å²) in [5.41, 5.74) is 12.1. The van der Waals surface area contributed by atoms with E-state index in [1.807, 2.05) is 30.3 Å². The highest BCUT2D eigenvalue weighted by molar-refractivity contribution is 6.00. The standard InChI is InChI=1S/C21H26N6O4/c22-27-25-6-8-30-10-12-31-11-9-29-7-5-24-20-14-17(3-4-23-20)16-1-2-18-15-21(28)26-19(18)13-16/h1-4,13-14H,5-12,15H2,(H,23,24)(H,26,28). The average Bonchev–Trinajstić information content (AvgIpc) is 3.16. The molecule has 0 saturated carbocycles. The van der Waals surface area contributed by atoms with Crippen LogP contribution < -0.4 is 10.6 Å². The molecular formula is C21H26N6O4. The molecule has 0 atom stereocenters. The minimum atomic E-state index is 0.0326. The molecule has 2 N–H and O–H groups in total. The van der Waals surface area contributed by atoms with E-state index in [2.05, 4.69) is 25.6 Å². The van der Waals surface area contributed by atoms with Crippen LogP contribution in [0.1, 0.15) is 5.56 Å². The molecule has 1 aromatic heterocycles. The van der Waals surface area contributed by atoms with E-state index in [9.17, 15) is 4.79 Å². The van der Waals surface area contributed by atoms with Gasteiger partial charge in [-0.2, -0.15) is 0 Å². The van der Waals surface area contributed by atoms with Crippen LogP contribution in [0.5, 0.6) is 0 Å². The minimum absolute atomic E-state index is 0.0326. The fraction of sp³-hybridized carbons (Fsp3) is 0.429. The third-order valence-electron chi connectivity index (χ3n) is 4.52. The molecule has 3 rings (SSSR count). The van der Waals surface area contributed by atoms with Crippen molar-refractivity contribution in [2.75, 3.05) is 63.4 Å². The predicted octanol–water partition coefficient (Wildman–Crippen LogP) is 3.02. The highest BCUT2D eigenvalue weighted by atomic mass is 16.5. The first kappa shape index (κ1) is 22.5. The van der Waals surface area contributed by atoms with Crippen LogP contribution in [0.3, 0.4) is 0 Å². The van der Waals surface area contributed by atoms with E-state index in [0.717, 1.165) is 28.2 Å². The first-order valence-corrected chi connectivity index (χ1v) is 10.1. The fourth-order valence-corrected chi connectivity index (χ4v) is 3.04. The fourth-order valence-electron chi connectivity index (χ4n) is 3.04. The molecule has 1 aliphatic heterocycles. The maximum atomic E-state index is 11.5. The van der Waals surface area contributed by atoms with Gasteiger partial charge in [0, 0.05) is 29.9 Å². The lowest BCUT2D eigenvalue weighted by molar-refractivity contribution is -0.115. The lowest BCUT2D eigenvalue weighted by Crippen LogP contribution is -2.14. The van der Waals surface area contributed by atoms with E-state index in [1.54, 1.807) is 6.20 Å². The lowest BCUT2D eigenvalue weighted by atomic mass is 10.0. The summed E-state index contributed by atoms with van der Waals surface area (Å²) in [6, 6.07) is 9.92. The van der Waals surface area contributed by atoms with Gasteiger partial charge in [0.15, 0.2) is 0 Å². The summed E-state index contributed by atoms with van der Waals surface area (Å²) < 4.78 is 16.2. The van der Waals surface area contributed by atoms with Gasteiger partial charge in [-0.3, -0.25) is 4.79 Å². The van der Waals surface area contributed by atoms with Crippen LogP contribution in [0.25, 0.3) is 21.6 Å². The zero-order chi connectivity index (χ0) is 21.7. The number of carbonyl (C=O) groups excluding carboxylic acids is 1. The number of carbonyl (C=O) groups is 1. The van der Waals surface area contributed by atoms with Crippen LogP contribution in [0.2, 0.25) is 0 Å². The van der Waals surface area contributed by atoms with Crippen molar-refractivity contribution in [3.8, 4) is 11.1 Å². The number of benzene rings is 1. The number of pyridine rings is 1. The number of hydrogen-bond acceptors (Lipinski definition) is 7. The van der Waals surface area contributed by atoms with Gasteiger partial charge in [0.2, 0.25) is 5.91 Å². The smallest absolute Gasteiger partial charge is 0.228 e. The van der Waals surface area contributed by atoms with Gasteiger partial charge in [-0.1, -0.05) is 17.2 Å². The van der Waals surface area contributed by atoms with Crippen molar-refractivity contribution in [2.45, 2.75) is 6.42 Å². The van der Waals surface area contributed by atoms with Crippen LogP contribution in [0, 0.1) is 0 Å². The highest BCUT2D eigenvalue weighted by Crippen LogP contribution is 2.29. The van der Waals surface area contributed by atoms with Crippen LogP contribution in [-0.4, -0.2) is 63.6 Å². The van der Waals surface area contributed by atoms with Gasteiger partial charge >= 0.3 is 0 Å². The monoisotopic (exact) mass is 426 g/mol. The van der Waals surface area contributed by atoms with Crippen molar-refractivity contribution < 1.29 is 19.0 Å². The molecule has 0 radical (unpaired) electrons. The number of anilines is 2. The van der Waals surface area contributed by atoms with E-state index in [0.29, 0.717) is 59.2 Å². The molecule has 1 aliphatic rings. The molecule has 0 bridgehead atoms. The third kappa shape index (κ3) is 7.54. The third-order valence-corrected chi connectivity index (χ3v) is 4.52. The van der Waals surface area contributed by atoms with Crippen LogP contribution in [-0.2, 0) is 25.4 Å². The molecule has 0 aliphatic carbocycles. The molecule has 1 amide bonds. The van der Waals surface area contributed by atoms with Crippen molar-refractivity contribution in [1.29, 1.82) is 0 Å². The number of hydrogen-bond donors (Lipinski definition) is 2. The van der Waals surface area contributed by atoms with E-state index < -0.39 is 0 Å². The van der Waals surface area contributed by atoms with Gasteiger partial charge in [0.05, 0.1) is 46.1 Å². The van der Waals surface area contributed by atoms with Gasteiger partial charge in [-0.15, -0.1) is 0 Å². The summed E-state index contributed by atoms with van der Waals surface area (Å²) in [5, 5.41) is 9.51. The maximum Gasteiger partial charge on any atom is 0.228 e. The van der Waals surface area contributed by atoms with Gasteiger partial charge < -0.3 is 24.8 Å². The first-order chi connectivity index (χ1) is 15.3. The number of fused-ring (bicyclic) bond motifs is 1. The number of nitrogens with zero attached hydrogens (tertiary/aromatic N) is 4. The summed E-state index contributed by atoms with van der Waals surface area (Å²) in [5.74, 6) is 0.796. The Labute approximate surface area is 180 Å². The largest absolute Gasteiger partial charge is 0.379 e. The topological polar surface area (TPSA) is 130 Å². The van der Waals surface area contributed by atoms with Crippen LogP contribution >= 0.6 is 0 Å². The molecule has 31 heavy (non-hydrogen) atoms. The van der Waals surface area contributed by atoms with E-state index >= 15 is 0 Å². The summed E-state index contributed by atoms with van der Waals surface area (Å²) >= 11 is 0. The van der Waals surface area contributed by atoms with Crippen molar-refractivity contribution in [3.63, 3.8) is 0 Å². The molecule has 0 fully saturated rings. The Hall–Kier alpha value is -3.17. The predicted molar refractivity (Wildman–Crippen MR) is 117 cm³/mol. The summed E-state index contributed by atoms with van der Waals surface area (Å²) in [7, 11) is 0. The average molecular weight is 426 g/mol. The number of nitrogens with one attached hydrogen (secondary N) is 2. The van der Waals surface area contributed by atoms with Crippen LogP contribution in [0.15, 0.2) is 41.6 Å². The molecule has 0 saturated heterocycles. The normalized spacial score (nSPS) is 12.2. The molecule has 0 spiro atoms. The molecule has 2 heterocycles. The van der Waals surface area contributed by atoms with E-state index in [-0.39, 0.29) is 5.91 Å². The van der Waals surface area contributed by atoms with Crippen LogP contribution in [0.4, 0.5) is 11.5 Å². The van der Waals surface area contributed by atoms with Gasteiger partial charge in [-0.05, 0) is 40.4 Å². The number of rotatable bonds is 14. The zero-order valence-corrected chi connectivity index (χ0v) is 17.2.